The third-order valence-corrected chi connectivity index (χ3v) is 6.41. The van der Waals surface area contributed by atoms with Gasteiger partial charge in [-0.2, -0.15) is 5.10 Å². The van der Waals surface area contributed by atoms with Gasteiger partial charge in [-0.25, -0.2) is 0 Å². The quantitative estimate of drug-likeness (QED) is 0.725. The van der Waals surface area contributed by atoms with Crippen molar-refractivity contribution < 1.29 is 4.79 Å². The lowest BCUT2D eigenvalue weighted by molar-refractivity contribution is 0.0751. The van der Waals surface area contributed by atoms with Crippen molar-refractivity contribution in [3.63, 3.8) is 0 Å². The first-order valence-corrected chi connectivity index (χ1v) is 9.23. The number of aromatic nitrogens is 2. The molecule has 3 saturated carbocycles. The molecule has 4 rings (SSSR count). The first-order chi connectivity index (χ1) is 10.6. The second kappa shape index (κ2) is 6.73. The van der Waals surface area contributed by atoms with Crippen LogP contribution in [0.2, 0.25) is 0 Å². The van der Waals surface area contributed by atoms with Crippen molar-refractivity contribution in [2.75, 3.05) is 0 Å². The van der Waals surface area contributed by atoms with Gasteiger partial charge in [0.1, 0.15) is 0 Å². The monoisotopic (exact) mass is 402 g/mol. The van der Waals surface area contributed by atoms with Gasteiger partial charge in [0.2, 0.25) is 0 Å². The van der Waals surface area contributed by atoms with Gasteiger partial charge in [0.25, 0.3) is 5.91 Å². The fourth-order valence-electron chi connectivity index (χ4n) is 4.38. The molecule has 3 fully saturated rings. The molecule has 1 aromatic heterocycles. The van der Waals surface area contributed by atoms with Crippen LogP contribution in [-0.2, 0) is 0 Å². The summed E-state index contributed by atoms with van der Waals surface area (Å²) in [6, 6.07) is 0.580. The lowest BCUT2D eigenvalue weighted by atomic mass is 9.67. The van der Waals surface area contributed by atoms with E-state index in [4.69, 9.17) is 5.73 Å². The summed E-state index contributed by atoms with van der Waals surface area (Å²) >= 11 is 3.55. The average molecular weight is 404 g/mol. The molecule has 1 amide bonds. The highest BCUT2D eigenvalue weighted by molar-refractivity contribution is 9.10. The van der Waals surface area contributed by atoms with Gasteiger partial charge < -0.3 is 11.1 Å². The molecule has 0 radical (unpaired) electrons. The molecule has 2 bridgehead atoms. The molecule has 5 nitrogen and oxygen atoms in total. The third-order valence-electron chi connectivity index (χ3n) is 5.61. The zero-order valence-corrected chi connectivity index (χ0v) is 15.5. The number of nitrogens with one attached hydrogen (secondary N) is 2. The van der Waals surface area contributed by atoms with Gasteiger partial charge in [-0.05, 0) is 66.3 Å². The van der Waals surface area contributed by atoms with E-state index in [-0.39, 0.29) is 24.4 Å². The summed E-state index contributed by atoms with van der Waals surface area (Å²) in [6.45, 7) is 0. The number of hydrogen-bond acceptors (Lipinski definition) is 3. The molecule has 2 atom stereocenters. The van der Waals surface area contributed by atoms with Crippen LogP contribution in [0.15, 0.2) is 4.47 Å². The molecule has 0 aliphatic heterocycles. The normalized spacial score (nSPS) is 33.0. The van der Waals surface area contributed by atoms with Crippen LogP contribution in [-0.4, -0.2) is 28.2 Å². The number of carbonyl (C=O) groups excluding carboxylic acids is 1. The van der Waals surface area contributed by atoms with Crippen molar-refractivity contribution in [2.45, 2.75) is 62.9 Å². The summed E-state index contributed by atoms with van der Waals surface area (Å²) in [5, 5.41) is 10.5. The minimum absolute atomic E-state index is 0. The van der Waals surface area contributed by atoms with E-state index in [1.54, 1.807) is 0 Å². The SMILES string of the molecule is Cl.NC1CC2CCCC(C1)C2NC(=O)c1n[nH]c(C2CC2)c1Br. The molecule has 0 saturated heterocycles. The Morgan fingerprint density at radius 2 is 1.87 bits per heavy atom. The van der Waals surface area contributed by atoms with Gasteiger partial charge in [0.15, 0.2) is 5.69 Å². The summed E-state index contributed by atoms with van der Waals surface area (Å²) in [7, 11) is 0. The van der Waals surface area contributed by atoms with Crippen LogP contribution >= 0.6 is 28.3 Å². The predicted octanol–water partition coefficient (Wildman–Crippen LogP) is 3.11. The Morgan fingerprint density at radius 3 is 2.48 bits per heavy atom. The number of H-pyrrole nitrogens is 1. The molecule has 1 aromatic rings. The van der Waals surface area contributed by atoms with E-state index < -0.39 is 0 Å². The van der Waals surface area contributed by atoms with Crippen molar-refractivity contribution in [1.82, 2.24) is 15.5 Å². The topological polar surface area (TPSA) is 83.8 Å². The van der Waals surface area contributed by atoms with Gasteiger partial charge in [0, 0.05) is 18.0 Å². The Kier molecular flexibility index (Phi) is 5.04. The van der Waals surface area contributed by atoms with Crippen LogP contribution in [0.1, 0.15) is 67.0 Å². The van der Waals surface area contributed by atoms with E-state index >= 15 is 0 Å². The highest BCUT2D eigenvalue weighted by Gasteiger charge is 2.40. The molecule has 1 heterocycles. The number of hydrogen-bond donors (Lipinski definition) is 3. The fraction of sp³-hybridized carbons (Fsp3) is 0.750. The lowest BCUT2D eigenvalue weighted by Crippen LogP contribution is -2.53. The first-order valence-electron chi connectivity index (χ1n) is 8.43. The molecule has 23 heavy (non-hydrogen) atoms. The van der Waals surface area contributed by atoms with E-state index in [0.717, 1.165) is 23.0 Å². The standard InChI is InChI=1S/C16H23BrN4O.ClH/c17-12-14(8-4-5-8)20-21-15(12)16(22)19-13-9-2-1-3-10(13)7-11(18)6-9;/h8-11,13H,1-7,18H2,(H,19,22)(H,20,21);1H. The van der Waals surface area contributed by atoms with E-state index in [0.29, 0.717) is 29.5 Å². The Morgan fingerprint density at radius 1 is 1.22 bits per heavy atom. The van der Waals surface area contributed by atoms with E-state index in [1.165, 1.54) is 32.1 Å². The van der Waals surface area contributed by atoms with Crippen molar-refractivity contribution in [3.05, 3.63) is 15.9 Å². The number of carbonyl (C=O) groups is 1. The molecule has 2 unspecified atom stereocenters. The van der Waals surface area contributed by atoms with Crippen molar-refractivity contribution >= 4 is 34.2 Å². The summed E-state index contributed by atoms with van der Waals surface area (Å²) in [5.41, 5.74) is 7.75. The van der Waals surface area contributed by atoms with Crippen molar-refractivity contribution in [3.8, 4) is 0 Å². The molecule has 0 spiro atoms. The highest BCUT2D eigenvalue weighted by atomic mass is 79.9. The number of halogens is 2. The zero-order chi connectivity index (χ0) is 15.3. The summed E-state index contributed by atoms with van der Waals surface area (Å²) in [5.74, 6) is 1.57. The second-order valence-electron chi connectivity index (χ2n) is 7.26. The Bertz CT molecular complexity index is 575. The predicted molar refractivity (Wildman–Crippen MR) is 94.8 cm³/mol. The molecule has 0 aromatic carbocycles. The van der Waals surface area contributed by atoms with E-state index in [1.807, 2.05) is 0 Å². The zero-order valence-electron chi connectivity index (χ0n) is 13.1. The van der Waals surface area contributed by atoms with Gasteiger partial charge in [-0.15, -0.1) is 12.4 Å². The number of fused-ring (bicyclic) bond motifs is 2. The van der Waals surface area contributed by atoms with Crippen LogP contribution in [0.5, 0.6) is 0 Å². The van der Waals surface area contributed by atoms with Crippen molar-refractivity contribution in [1.29, 1.82) is 0 Å². The van der Waals surface area contributed by atoms with Crippen molar-refractivity contribution in [2.24, 2.45) is 17.6 Å². The number of amides is 1. The summed E-state index contributed by atoms with van der Waals surface area (Å²) < 4.78 is 0.852. The minimum atomic E-state index is -0.0487. The second-order valence-corrected chi connectivity index (χ2v) is 8.05. The van der Waals surface area contributed by atoms with E-state index in [9.17, 15) is 4.79 Å². The van der Waals surface area contributed by atoms with E-state index in [2.05, 4.69) is 31.4 Å². The average Bonchev–Trinajstić information content (AvgIpc) is 3.23. The van der Waals surface area contributed by atoms with Gasteiger partial charge >= 0.3 is 0 Å². The number of aromatic amines is 1. The molecule has 7 heteroatoms. The molecule has 4 N–H and O–H groups in total. The smallest absolute Gasteiger partial charge is 0.273 e. The van der Waals surface area contributed by atoms with Crippen LogP contribution in [0, 0.1) is 11.8 Å². The largest absolute Gasteiger partial charge is 0.347 e. The van der Waals surface area contributed by atoms with Gasteiger partial charge in [-0.3, -0.25) is 9.89 Å². The van der Waals surface area contributed by atoms with Crippen LogP contribution < -0.4 is 11.1 Å². The Labute approximate surface area is 151 Å². The Balaban J connectivity index is 0.00000156. The Hall–Kier alpha value is -0.590. The van der Waals surface area contributed by atoms with Gasteiger partial charge in [-0.1, -0.05) is 6.42 Å². The third kappa shape index (κ3) is 3.30. The minimum Gasteiger partial charge on any atom is -0.347 e. The highest BCUT2D eigenvalue weighted by Crippen LogP contribution is 2.43. The van der Waals surface area contributed by atoms with Crippen LogP contribution in [0.4, 0.5) is 0 Å². The number of nitrogens with zero attached hydrogens (tertiary/aromatic N) is 1. The number of rotatable bonds is 3. The number of nitrogens with two attached hydrogens (primary N) is 1. The maximum absolute atomic E-state index is 12.6. The van der Waals surface area contributed by atoms with Crippen LogP contribution in [0.3, 0.4) is 0 Å². The molecule has 128 valence electrons. The lowest BCUT2D eigenvalue weighted by Gasteiger charge is -2.45. The maximum atomic E-state index is 12.6. The maximum Gasteiger partial charge on any atom is 0.273 e. The van der Waals surface area contributed by atoms with Gasteiger partial charge in [0.05, 0.1) is 10.2 Å². The molecule has 3 aliphatic carbocycles. The summed E-state index contributed by atoms with van der Waals surface area (Å²) in [4.78, 5) is 12.6. The van der Waals surface area contributed by atoms with Crippen LogP contribution in [0.25, 0.3) is 0 Å². The molecular formula is C16H24BrClN4O. The molecule has 3 aliphatic rings. The fourth-order valence-corrected chi connectivity index (χ4v) is 5.06. The molecular weight excluding hydrogens is 380 g/mol. The first kappa shape index (κ1) is 17.2. The summed E-state index contributed by atoms with van der Waals surface area (Å²) in [6.07, 6.45) is 8.09.